The number of fused-ring (bicyclic) bond motifs is 4. The molecule has 286 valence electrons. The first-order valence-corrected chi connectivity index (χ1v) is 19.3. The maximum atomic E-state index is 15.3. The molecule has 0 fully saturated rings. The van der Waals surface area contributed by atoms with Crippen LogP contribution in [-0.4, -0.2) is 69.3 Å². The number of ether oxygens (including phenoxy) is 2. The summed E-state index contributed by atoms with van der Waals surface area (Å²) < 4.78 is 17.9. The van der Waals surface area contributed by atoms with Crippen LogP contribution >= 0.6 is 23.2 Å². The zero-order chi connectivity index (χ0) is 38.9. The predicted octanol–water partition coefficient (Wildman–Crippen LogP) is 8.86. The molecule has 5 heterocycles. The van der Waals surface area contributed by atoms with E-state index in [0.29, 0.717) is 49.3 Å². The first kappa shape index (κ1) is 37.0. The highest BCUT2D eigenvalue weighted by molar-refractivity contribution is 6.35. The summed E-state index contributed by atoms with van der Waals surface area (Å²) in [5.41, 5.74) is 11.1. The molecule has 0 aliphatic carbocycles. The molecule has 0 unspecified atom stereocenters. The van der Waals surface area contributed by atoms with Gasteiger partial charge in [-0.05, 0) is 101 Å². The number of aryl methyl sites for hydroxylation is 6. The van der Waals surface area contributed by atoms with Crippen LogP contribution in [0.25, 0.3) is 32.9 Å². The largest absolute Gasteiger partial charge is 0.494 e. The Hall–Kier alpha value is -4.97. The minimum absolute atomic E-state index is 0.0607. The number of nitrogens with zero attached hydrogens (tertiary/aromatic N) is 7. The highest BCUT2D eigenvalue weighted by atomic mass is 35.5. The molecule has 1 amide bonds. The van der Waals surface area contributed by atoms with Crippen LogP contribution in [0.4, 0.5) is 5.69 Å². The molecule has 0 radical (unpaired) electrons. The zero-order valence-electron chi connectivity index (χ0n) is 32.5. The molecule has 2 aliphatic rings. The monoisotopic (exact) mass is 781 g/mol. The lowest BCUT2D eigenvalue weighted by atomic mass is 9.98. The maximum absolute atomic E-state index is 15.3. The summed E-state index contributed by atoms with van der Waals surface area (Å²) in [6.07, 6.45) is 3.36. The molecular formula is C42H45Cl2N7O4. The van der Waals surface area contributed by atoms with E-state index in [4.69, 9.17) is 42.6 Å². The van der Waals surface area contributed by atoms with E-state index in [-0.39, 0.29) is 18.7 Å². The second kappa shape index (κ2) is 14.3. The minimum atomic E-state index is -0.0870. The molecule has 0 spiro atoms. The van der Waals surface area contributed by atoms with Crippen LogP contribution in [0.2, 0.25) is 10.0 Å². The summed E-state index contributed by atoms with van der Waals surface area (Å²) in [5.74, 6) is 1.38. The van der Waals surface area contributed by atoms with E-state index in [1.54, 1.807) is 0 Å². The van der Waals surface area contributed by atoms with E-state index in [1.807, 2.05) is 86.9 Å². The molecule has 11 nitrogen and oxygen atoms in total. The maximum Gasteiger partial charge on any atom is 0.275 e. The van der Waals surface area contributed by atoms with Gasteiger partial charge in [-0.2, -0.15) is 5.10 Å². The zero-order valence-corrected chi connectivity index (χ0v) is 34.0. The number of oxime groups is 1. The molecule has 1 atom stereocenters. The van der Waals surface area contributed by atoms with Crippen LogP contribution in [0.1, 0.15) is 63.5 Å². The van der Waals surface area contributed by atoms with Crippen LogP contribution < -0.4 is 9.64 Å². The third-order valence-corrected chi connectivity index (χ3v) is 11.9. The van der Waals surface area contributed by atoms with Crippen molar-refractivity contribution >= 4 is 62.4 Å². The number of amides is 1. The van der Waals surface area contributed by atoms with Gasteiger partial charge in [0, 0.05) is 83.6 Å². The van der Waals surface area contributed by atoms with Crippen molar-refractivity contribution in [2.45, 2.75) is 53.5 Å². The lowest BCUT2D eigenvalue weighted by Crippen LogP contribution is -2.42. The highest BCUT2D eigenvalue weighted by Crippen LogP contribution is 2.46. The van der Waals surface area contributed by atoms with Gasteiger partial charge >= 0.3 is 0 Å². The third kappa shape index (κ3) is 6.22. The Morgan fingerprint density at radius 3 is 2.45 bits per heavy atom. The number of hydrogen-bond acceptors (Lipinski definition) is 7. The summed E-state index contributed by atoms with van der Waals surface area (Å²) in [7, 11) is 5.87. The van der Waals surface area contributed by atoms with Crippen molar-refractivity contribution < 1.29 is 19.1 Å². The number of carbonyl (C=O) groups is 1. The molecule has 8 rings (SSSR count). The van der Waals surface area contributed by atoms with Crippen LogP contribution in [0.5, 0.6) is 5.75 Å². The Morgan fingerprint density at radius 2 is 1.73 bits per heavy atom. The second-order valence-corrected chi connectivity index (χ2v) is 15.6. The molecule has 55 heavy (non-hydrogen) atoms. The number of anilines is 1. The van der Waals surface area contributed by atoms with E-state index < -0.39 is 0 Å². The Balaban J connectivity index is 1.25. The van der Waals surface area contributed by atoms with Crippen molar-refractivity contribution in [2.75, 3.05) is 38.6 Å². The van der Waals surface area contributed by atoms with E-state index in [2.05, 4.69) is 46.3 Å². The van der Waals surface area contributed by atoms with E-state index in [9.17, 15) is 0 Å². The summed E-state index contributed by atoms with van der Waals surface area (Å²) in [5, 5.41) is 12.4. The molecular weight excluding hydrogens is 737 g/mol. The molecule has 3 aromatic carbocycles. The number of rotatable bonds is 8. The molecule has 6 aromatic rings. The number of amidine groups is 1. The SMILES string of the molecule is Cc1cc(OCCCc2c3n(c4c(-c5c(C)nn(C)c5C)c(Cl)ccc24)[C@H](C)CN(c2cn(C)c4ccc(C5=NOCOCN5C)cc24)C3=O)cc(C)c1Cl. The number of benzene rings is 3. The van der Waals surface area contributed by atoms with Gasteiger partial charge < -0.3 is 33.2 Å². The van der Waals surface area contributed by atoms with Crippen LogP contribution in [0, 0.1) is 27.7 Å². The Morgan fingerprint density at radius 1 is 0.964 bits per heavy atom. The van der Waals surface area contributed by atoms with Gasteiger partial charge in [-0.3, -0.25) is 9.48 Å². The van der Waals surface area contributed by atoms with Crippen LogP contribution in [0.15, 0.2) is 53.8 Å². The number of aromatic nitrogens is 4. The number of hydrogen-bond donors (Lipinski definition) is 0. The molecule has 0 bridgehead atoms. The topological polar surface area (TPSA) is 91.3 Å². The van der Waals surface area contributed by atoms with Gasteiger partial charge in [0.15, 0.2) is 5.84 Å². The lowest BCUT2D eigenvalue weighted by Gasteiger charge is -2.34. The fourth-order valence-electron chi connectivity index (χ4n) is 8.37. The third-order valence-electron chi connectivity index (χ3n) is 11.0. The van der Waals surface area contributed by atoms with E-state index in [1.165, 1.54) is 0 Å². The summed E-state index contributed by atoms with van der Waals surface area (Å²) in [6, 6.07) is 14.0. The first-order valence-electron chi connectivity index (χ1n) is 18.5. The van der Waals surface area contributed by atoms with Crippen molar-refractivity contribution in [1.82, 2.24) is 23.8 Å². The first-order chi connectivity index (χ1) is 26.3. The average molecular weight is 783 g/mol. The van der Waals surface area contributed by atoms with Gasteiger partial charge in [0.25, 0.3) is 5.91 Å². The van der Waals surface area contributed by atoms with Crippen molar-refractivity contribution in [1.29, 1.82) is 0 Å². The standard InChI is InChI=1S/C42H45Cl2N7O4/c1-23-16-29(17-24(2)38(23)44)54-15-9-10-30-31-12-13-33(43)37(36-26(4)45-49(8)27(36)5)39(31)51-25(3)19-50(42(52)40(30)51)35-20-47(6)34-14-11-28(18-32(34)35)41-46-55-22-53-21-48(41)7/h11-14,16-18,20,25H,9-10,15,19,21-22H2,1-8H3/t25-/m1/s1. The molecule has 13 heteroatoms. The van der Waals surface area contributed by atoms with Gasteiger partial charge in [-0.15, -0.1) is 0 Å². The second-order valence-electron chi connectivity index (χ2n) is 14.8. The minimum Gasteiger partial charge on any atom is -0.494 e. The van der Waals surface area contributed by atoms with Crippen molar-refractivity contribution in [3.8, 4) is 16.9 Å². The van der Waals surface area contributed by atoms with Crippen molar-refractivity contribution in [2.24, 2.45) is 19.3 Å². The van der Waals surface area contributed by atoms with Gasteiger partial charge in [-0.1, -0.05) is 34.4 Å². The molecule has 3 aromatic heterocycles. The fraction of sp³-hybridized carbons (Fsp3) is 0.357. The number of halogens is 2. The Kier molecular flexibility index (Phi) is 9.59. The predicted molar refractivity (Wildman–Crippen MR) is 219 cm³/mol. The van der Waals surface area contributed by atoms with Gasteiger partial charge in [0.05, 0.1) is 28.5 Å². The molecule has 2 aliphatic heterocycles. The van der Waals surface area contributed by atoms with Gasteiger partial charge in [0.1, 0.15) is 18.2 Å². The van der Waals surface area contributed by atoms with Crippen molar-refractivity contribution in [3.63, 3.8) is 0 Å². The quantitative estimate of drug-likeness (QED) is 0.143. The Bertz CT molecular complexity index is 2530. The van der Waals surface area contributed by atoms with E-state index >= 15 is 4.79 Å². The summed E-state index contributed by atoms with van der Waals surface area (Å²) >= 11 is 13.6. The molecule has 0 N–H and O–H groups in total. The molecule has 0 saturated carbocycles. The summed E-state index contributed by atoms with van der Waals surface area (Å²) in [4.78, 5) is 24.5. The fourth-order valence-corrected chi connectivity index (χ4v) is 8.72. The van der Waals surface area contributed by atoms with Crippen LogP contribution in [0.3, 0.4) is 0 Å². The van der Waals surface area contributed by atoms with Crippen LogP contribution in [-0.2, 0) is 30.1 Å². The van der Waals surface area contributed by atoms with Crippen molar-refractivity contribution in [3.05, 3.63) is 98.0 Å². The molecule has 0 saturated heterocycles. The number of carbonyl (C=O) groups excluding carboxylic acids is 1. The van der Waals surface area contributed by atoms with E-state index in [0.717, 1.165) is 83.0 Å². The Labute approximate surface area is 330 Å². The lowest BCUT2D eigenvalue weighted by molar-refractivity contribution is -0.0588. The highest BCUT2D eigenvalue weighted by Gasteiger charge is 2.38. The normalized spacial score (nSPS) is 16.1. The van der Waals surface area contributed by atoms with Gasteiger partial charge in [-0.25, -0.2) is 0 Å². The smallest absolute Gasteiger partial charge is 0.275 e. The summed E-state index contributed by atoms with van der Waals surface area (Å²) in [6.45, 7) is 11.6. The average Bonchev–Trinajstić information content (AvgIpc) is 3.67. The van der Waals surface area contributed by atoms with Gasteiger partial charge in [0.2, 0.25) is 6.79 Å².